The molecule has 0 aliphatic carbocycles. The van der Waals surface area contributed by atoms with E-state index in [4.69, 9.17) is 4.74 Å². The van der Waals surface area contributed by atoms with Crippen LogP contribution in [-0.4, -0.2) is 19.2 Å². The Balaban J connectivity index is 3.36. The van der Waals surface area contributed by atoms with Gasteiger partial charge in [-0.05, 0) is 13.8 Å². The predicted molar refractivity (Wildman–Crippen MR) is 37.4 cm³/mol. The number of esters is 1. The molecule has 0 amide bonds. The van der Waals surface area contributed by atoms with Crippen LogP contribution < -0.4 is 0 Å². The molecule has 3 nitrogen and oxygen atoms in total. The summed E-state index contributed by atoms with van der Waals surface area (Å²) in [6.45, 7) is 4.56. The van der Waals surface area contributed by atoms with E-state index in [-0.39, 0.29) is 5.97 Å². The molecule has 0 aliphatic heterocycles. The number of carbonyl (C=O) groups is 1. The Kier molecular flexibility index (Phi) is 5.53. The summed E-state index contributed by atoms with van der Waals surface area (Å²) in [4.78, 5) is 10.5. The second-order valence-corrected chi connectivity index (χ2v) is 1.51. The van der Waals surface area contributed by atoms with Crippen molar-refractivity contribution >= 4 is 5.97 Å². The average molecular weight is 144 g/mol. The van der Waals surface area contributed by atoms with Gasteiger partial charge in [0, 0.05) is 0 Å². The van der Waals surface area contributed by atoms with Gasteiger partial charge in [-0.3, -0.25) is 0 Å². The van der Waals surface area contributed by atoms with Crippen LogP contribution in [0.4, 0.5) is 0 Å². The van der Waals surface area contributed by atoms with E-state index < -0.39 is 0 Å². The zero-order valence-electron chi connectivity index (χ0n) is 6.29. The lowest BCUT2D eigenvalue weighted by molar-refractivity contribution is -0.137. The molecule has 0 aliphatic rings. The molecule has 0 saturated carbocycles. The second kappa shape index (κ2) is 6.13. The van der Waals surface area contributed by atoms with Crippen molar-refractivity contribution in [3.8, 4) is 0 Å². The van der Waals surface area contributed by atoms with Crippen LogP contribution in [0.1, 0.15) is 13.8 Å². The minimum Gasteiger partial charge on any atom is -0.501 e. The van der Waals surface area contributed by atoms with Gasteiger partial charge in [0.1, 0.15) is 0 Å². The molecular formula is C7H12O3. The first-order valence-electron chi connectivity index (χ1n) is 3.26. The summed E-state index contributed by atoms with van der Waals surface area (Å²) in [5, 5.41) is 0. The second-order valence-electron chi connectivity index (χ2n) is 1.51. The van der Waals surface area contributed by atoms with Gasteiger partial charge < -0.3 is 9.47 Å². The van der Waals surface area contributed by atoms with E-state index in [9.17, 15) is 4.79 Å². The van der Waals surface area contributed by atoms with Crippen LogP contribution in [0.3, 0.4) is 0 Å². The first-order chi connectivity index (χ1) is 4.81. The normalized spacial score (nSPS) is 9.80. The molecule has 3 heteroatoms. The maximum atomic E-state index is 10.5. The summed E-state index contributed by atoms with van der Waals surface area (Å²) < 4.78 is 9.35. The lowest BCUT2D eigenvalue weighted by atomic mass is 10.6. The lowest BCUT2D eigenvalue weighted by Crippen LogP contribution is -1.99. The largest absolute Gasteiger partial charge is 0.501 e. The smallest absolute Gasteiger partial charge is 0.333 e. The van der Waals surface area contributed by atoms with Crippen molar-refractivity contribution in [3.63, 3.8) is 0 Å². The van der Waals surface area contributed by atoms with Gasteiger partial charge in [0.15, 0.2) is 0 Å². The third-order valence-corrected chi connectivity index (χ3v) is 0.754. The minimum atomic E-state index is -0.365. The molecule has 0 heterocycles. The number of hydrogen-bond donors (Lipinski definition) is 0. The number of hydrogen-bond acceptors (Lipinski definition) is 3. The van der Waals surface area contributed by atoms with E-state index in [1.54, 1.807) is 6.92 Å². The van der Waals surface area contributed by atoms with Crippen LogP contribution in [-0.2, 0) is 14.3 Å². The zero-order valence-corrected chi connectivity index (χ0v) is 6.29. The molecule has 0 aromatic rings. The Morgan fingerprint density at radius 2 is 2.10 bits per heavy atom. The molecule has 0 aromatic heterocycles. The van der Waals surface area contributed by atoms with Gasteiger partial charge >= 0.3 is 5.97 Å². The topological polar surface area (TPSA) is 35.5 Å². The monoisotopic (exact) mass is 144 g/mol. The molecule has 0 saturated heterocycles. The van der Waals surface area contributed by atoms with Crippen molar-refractivity contribution < 1.29 is 14.3 Å². The summed E-state index contributed by atoms with van der Waals surface area (Å²) in [5.74, 6) is -0.365. The van der Waals surface area contributed by atoms with Crippen molar-refractivity contribution in [1.29, 1.82) is 0 Å². The van der Waals surface area contributed by atoms with Gasteiger partial charge in [0.25, 0.3) is 0 Å². The minimum absolute atomic E-state index is 0.365. The number of carbonyl (C=O) groups excluding carboxylic acids is 1. The van der Waals surface area contributed by atoms with Gasteiger partial charge in [0.2, 0.25) is 0 Å². The Hall–Kier alpha value is -0.990. The van der Waals surface area contributed by atoms with Crippen molar-refractivity contribution in [2.24, 2.45) is 0 Å². The fraction of sp³-hybridized carbons (Fsp3) is 0.571. The summed E-state index contributed by atoms with van der Waals surface area (Å²) in [7, 11) is 0. The van der Waals surface area contributed by atoms with Crippen LogP contribution in [0.5, 0.6) is 0 Å². The quantitative estimate of drug-likeness (QED) is 0.336. The van der Waals surface area contributed by atoms with Gasteiger partial charge in [-0.25, -0.2) is 4.79 Å². The molecule has 0 aromatic carbocycles. The van der Waals surface area contributed by atoms with E-state index in [0.29, 0.717) is 13.2 Å². The highest BCUT2D eigenvalue weighted by Gasteiger charge is 1.90. The van der Waals surface area contributed by atoms with Crippen molar-refractivity contribution in [1.82, 2.24) is 0 Å². The van der Waals surface area contributed by atoms with Crippen LogP contribution in [0.25, 0.3) is 0 Å². The highest BCUT2D eigenvalue weighted by atomic mass is 16.5. The van der Waals surface area contributed by atoms with E-state index in [1.165, 1.54) is 12.3 Å². The summed E-state index contributed by atoms with van der Waals surface area (Å²) in [5.41, 5.74) is 0. The fourth-order valence-electron chi connectivity index (χ4n) is 0.390. The molecule has 0 fully saturated rings. The Morgan fingerprint density at radius 3 is 2.60 bits per heavy atom. The average Bonchev–Trinajstić information content (AvgIpc) is 1.89. The molecule has 0 unspecified atom stereocenters. The Bertz CT molecular complexity index is 118. The maximum Gasteiger partial charge on any atom is 0.333 e. The molecule has 0 rings (SSSR count). The van der Waals surface area contributed by atoms with Crippen molar-refractivity contribution in [2.45, 2.75) is 13.8 Å². The fourth-order valence-corrected chi connectivity index (χ4v) is 0.390. The molecule has 0 atom stereocenters. The van der Waals surface area contributed by atoms with E-state index in [0.717, 1.165) is 0 Å². The summed E-state index contributed by atoms with van der Waals surface area (Å²) in [6, 6.07) is 0. The SMILES string of the molecule is CCO/C=C\C(=O)OCC. The zero-order chi connectivity index (χ0) is 7.82. The van der Waals surface area contributed by atoms with E-state index >= 15 is 0 Å². The first kappa shape index (κ1) is 9.01. The third kappa shape index (κ3) is 5.15. The molecule has 0 spiro atoms. The van der Waals surface area contributed by atoms with Gasteiger partial charge in [-0.1, -0.05) is 0 Å². The van der Waals surface area contributed by atoms with Crippen LogP contribution in [0, 0.1) is 0 Å². The highest BCUT2D eigenvalue weighted by molar-refractivity contribution is 5.81. The van der Waals surface area contributed by atoms with Crippen LogP contribution >= 0.6 is 0 Å². The van der Waals surface area contributed by atoms with Crippen LogP contribution in [0.15, 0.2) is 12.3 Å². The molecule has 0 N–H and O–H groups in total. The van der Waals surface area contributed by atoms with Gasteiger partial charge in [0.05, 0.1) is 25.6 Å². The third-order valence-electron chi connectivity index (χ3n) is 0.754. The van der Waals surface area contributed by atoms with Crippen LogP contribution in [0.2, 0.25) is 0 Å². The maximum absolute atomic E-state index is 10.5. The number of ether oxygens (including phenoxy) is 2. The van der Waals surface area contributed by atoms with E-state index in [2.05, 4.69) is 4.74 Å². The summed E-state index contributed by atoms with van der Waals surface area (Å²) in [6.07, 6.45) is 2.59. The molecule has 0 bridgehead atoms. The van der Waals surface area contributed by atoms with Crippen molar-refractivity contribution in [3.05, 3.63) is 12.3 Å². The van der Waals surface area contributed by atoms with Gasteiger partial charge in [-0.2, -0.15) is 0 Å². The molecule has 0 radical (unpaired) electrons. The molecule has 10 heavy (non-hydrogen) atoms. The molecule has 58 valence electrons. The highest BCUT2D eigenvalue weighted by Crippen LogP contribution is 1.81. The van der Waals surface area contributed by atoms with Crippen molar-refractivity contribution in [2.75, 3.05) is 13.2 Å². The number of rotatable bonds is 4. The first-order valence-corrected chi connectivity index (χ1v) is 3.26. The Morgan fingerprint density at radius 1 is 1.40 bits per heavy atom. The predicted octanol–water partition coefficient (Wildman–Crippen LogP) is 1.10. The Labute approximate surface area is 60.6 Å². The van der Waals surface area contributed by atoms with E-state index in [1.807, 2.05) is 6.92 Å². The van der Waals surface area contributed by atoms with Gasteiger partial charge in [-0.15, -0.1) is 0 Å². The standard InChI is InChI=1S/C7H12O3/c1-3-9-6-5-7(8)10-4-2/h5-6H,3-4H2,1-2H3/b6-5-. The lowest BCUT2D eigenvalue weighted by Gasteiger charge is -1.94. The molecular weight excluding hydrogens is 132 g/mol. The summed E-state index contributed by atoms with van der Waals surface area (Å²) >= 11 is 0.